The van der Waals surface area contributed by atoms with Gasteiger partial charge >= 0.3 is 0 Å². The average Bonchev–Trinajstić information content (AvgIpc) is 2.94. The number of amides is 2. The average molecular weight is 422 g/mol. The van der Waals surface area contributed by atoms with Gasteiger partial charge in [-0.05, 0) is 49.4 Å². The van der Waals surface area contributed by atoms with Crippen LogP contribution in [-0.4, -0.2) is 51.3 Å². The largest absolute Gasteiger partial charge is 0.343 e. The van der Waals surface area contributed by atoms with Crippen LogP contribution < -0.4 is 9.62 Å². The standard InChI is InChI=1S/C21H31N3O4S/c1-2-12-22-29(27,28)18-7-8-19-17(16-18)11-15-24(19)21(26)10-9-20(25)23-13-5-3-4-6-14-23/h7-8,16,22H,2-6,9-15H2,1H3. The maximum Gasteiger partial charge on any atom is 0.240 e. The molecule has 1 aromatic rings. The van der Waals surface area contributed by atoms with Crippen molar-refractivity contribution in [2.45, 2.75) is 63.2 Å². The molecule has 1 fully saturated rings. The molecule has 3 rings (SSSR count). The Hall–Kier alpha value is -1.93. The normalized spacial score (nSPS) is 17.1. The third-order valence-corrected chi connectivity index (χ3v) is 7.07. The van der Waals surface area contributed by atoms with E-state index in [9.17, 15) is 18.0 Å². The summed E-state index contributed by atoms with van der Waals surface area (Å²) in [6.45, 7) is 4.42. The van der Waals surface area contributed by atoms with Crippen molar-refractivity contribution >= 4 is 27.5 Å². The van der Waals surface area contributed by atoms with Gasteiger partial charge in [0.05, 0.1) is 4.90 Å². The molecule has 1 aromatic carbocycles. The first-order chi connectivity index (χ1) is 13.9. The SMILES string of the molecule is CCCNS(=O)(=O)c1ccc2c(c1)CCN2C(=O)CCC(=O)N1CCCCCC1. The lowest BCUT2D eigenvalue weighted by molar-refractivity contribution is -0.133. The maximum absolute atomic E-state index is 12.7. The zero-order valence-electron chi connectivity index (χ0n) is 17.2. The van der Waals surface area contributed by atoms with Crippen molar-refractivity contribution < 1.29 is 18.0 Å². The third kappa shape index (κ3) is 5.36. The quantitative estimate of drug-likeness (QED) is 0.733. The number of hydrogen-bond acceptors (Lipinski definition) is 4. The smallest absolute Gasteiger partial charge is 0.240 e. The summed E-state index contributed by atoms with van der Waals surface area (Å²) in [6, 6.07) is 4.91. The number of anilines is 1. The van der Waals surface area contributed by atoms with Crippen LogP contribution in [0.25, 0.3) is 0 Å². The van der Waals surface area contributed by atoms with E-state index in [1.54, 1.807) is 23.1 Å². The number of nitrogens with zero attached hydrogens (tertiary/aromatic N) is 2. The highest BCUT2D eigenvalue weighted by molar-refractivity contribution is 7.89. The molecule has 2 aliphatic rings. The second kappa shape index (κ2) is 9.71. The first-order valence-corrected chi connectivity index (χ1v) is 12.1. The Morgan fingerprint density at radius 2 is 1.69 bits per heavy atom. The fraction of sp³-hybridized carbons (Fsp3) is 0.619. The minimum atomic E-state index is -3.52. The zero-order chi connectivity index (χ0) is 20.9. The Bertz CT molecular complexity index is 845. The number of likely N-dealkylation sites (tertiary alicyclic amines) is 1. The van der Waals surface area contributed by atoms with Gasteiger partial charge in [-0.25, -0.2) is 13.1 Å². The summed E-state index contributed by atoms with van der Waals surface area (Å²) >= 11 is 0. The van der Waals surface area contributed by atoms with Crippen LogP contribution in [0.3, 0.4) is 0 Å². The van der Waals surface area contributed by atoms with E-state index in [1.807, 2.05) is 11.8 Å². The van der Waals surface area contributed by atoms with E-state index in [0.717, 1.165) is 43.6 Å². The molecule has 7 nitrogen and oxygen atoms in total. The highest BCUT2D eigenvalue weighted by Crippen LogP contribution is 2.31. The number of carbonyl (C=O) groups is 2. The molecule has 0 saturated carbocycles. The first-order valence-electron chi connectivity index (χ1n) is 10.6. The van der Waals surface area contributed by atoms with Crippen LogP contribution >= 0.6 is 0 Å². The van der Waals surface area contributed by atoms with Gasteiger partial charge in [-0.2, -0.15) is 0 Å². The van der Waals surface area contributed by atoms with Crippen molar-refractivity contribution in [1.29, 1.82) is 0 Å². The molecule has 2 amide bonds. The van der Waals surface area contributed by atoms with Gasteiger partial charge in [-0.15, -0.1) is 0 Å². The van der Waals surface area contributed by atoms with Crippen LogP contribution in [0.15, 0.2) is 23.1 Å². The monoisotopic (exact) mass is 421 g/mol. The molecule has 2 aliphatic heterocycles. The van der Waals surface area contributed by atoms with Gasteiger partial charge in [0, 0.05) is 44.7 Å². The van der Waals surface area contributed by atoms with Crippen LogP contribution in [0.1, 0.15) is 57.4 Å². The van der Waals surface area contributed by atoms with Gasteiger partial charge in [0.25, 0.3) is 0 Å². The zero-order valence-corrected chi connectivity index (χ0v) is 18.0. The lowest BCUT2D eigenvalue weighted by Gasteiger charge is -2.21. The van der Waals surface area contributed by atoms with Gasteiger partial charge in [0.15, 0.2) is 0 Å². The Kier molecular flexibility index (Phi) is 7.29. The highest BCUT2D eigenvalue weighted by atomic mass is 32.2. The van der Waals surface area contributed by atoms with E-state index in [4.69, 9.17) is 0 Å². The summed E-state index contributed by atoms with van der Waals surface area (Å²) in [7, 11) is -3.52. The minimum Gasteiger partial charge on any atom is -0.343 e. The van der Waals surface area contributed by atoms with Crippen molar-refractivity contribution in [3.05, 3.63) is 23.8 Å². The molecule has 0 unspecified atom stereocenters. The van der Waals surface area contributed by atoms with Crippen molar-refractivity contribution in [3.63, 3.8) is 0 Å². The van der Waals surface area contributed by atoms with E-state index >= 15 is 0 Å². The number of nitrogens with one attached hydrogen (secondary N) is 1. The number of sulfonamides is 1. The highest BCUT2D eigenvalue weighted by Gasteiger charge is 2.27. The second-order valence-corrected chi connectivity index (χ2v) is 9.55. The van der Waals surface area contributed by atoms with E-state index in [1.165, 1.54) is 12.8 Å². The lowest BCUT2D eigenvalue weighted by atomic mass is 10.2. The number of rotatable bonds is 7. The maximum atomic E-state index is 12.7. The predicted molar refractivity (Wildman–Crippen MR) is 112 cm³/mol. The Morgan fingerprint density at radius 1 is 1.00 bits per heavy atom. The summed E-state index contributed by atoms with van der Waals surface area (Å²) in [5.41, 5.74) is 1.61. The number of fused-ring (bicyclic) bond motifs is 1. The number of carbonyl (C=O) groups excluding carboxylic acids is 2. The second-order valence-electron chi connectivity index (χ2n) is 7.78. The molecule has 0 radical (unpaired) electrons. The summed E-state index contributed by atoms with van der Waals surface area (Å²) in [4.78, 5) is 29.0. The molecule has 0 aromatic heterocycles. The van der Waals surface area contributed by atoms with Crippen molar-refractivity contribution in [2.75, 3.05) is 31.1 Å². The van der Waals surface area contributed by atoms with Gasteiger partial charge in [0.2, 0.25) is 21.8 Å². The molecular formula is C21H31N3O4S. The van der Waals surface area contributed by atoms with Crippen LogP contribution in [-0.2, 0) is 26.0 Å². The van der Waals surface area contributed by atoms with Crippen molar-refractivity contribution in [1.82, 2.24) is 9.62 Å². The Labute approximate surface area is 173 Å². The van der Waals surface area contributed by atoms with Crippen LogP contribution in [0.2, 0.25) is 0 Å². The number of hydrogen-bond donors (Lipinski definition) is 1. The van der Waals surface area contributed by atoms with E-state index in [0.29, 0.717) is 19.5 Å². The Morgan fingerprint density at radius 3 is 2.38 bits per heavy atom. The van der Waals surface area contributed by atoms with E-state index < -0.39 is 10.0 Å². The number of benzene rings is 1. The predicted octanol–water partition coefficient (Wildman–Crippen LogP) is 2.45. The van der Waals surface area contributed by atoms with Crippen LogP contribution in [0, 0.1) is 0 Å². The summed E-state index contributed by atoms with van der Waals surface area (Å²) in [5, 5.41) is 0. The van der Waals surface area contributed by atoms with E-state index in [2.05, 4.69) is 4.72 Å². The van der Waals surface area contributed by atoms with Gasteiger partial charge in [-0.3, -0.25) is 9.59 Å². The van der Waals surface area contributed by atoms with E-state index in [-0.39, 0.29) is 29.6 Å². The minimum absolute atomic E-state index is 0.0584. The first kappa shape index (κ1) is 21.8. The van der Waals surface area contributed by atoms with Crippen molar-refractivity contribution in [3.8, 4) is 0 Å². The van der Waals surface area contributed by atoms with Crippen molar-refractivity contribution in [2.24, 2.45) is 0 Å². The topological polar surface area (TPSA) is 86.8 Å². The molecular weight excluding hydrogens is 390 g/mol. The fourth-order valence-corrected chi connectivity index (χ4v) is 5.14. The van der Waals surface area contributed by atoms with Crippen LogP contribution in [0.4, 0.5) is 5.69 Å². The molecule has 1 N–H and O–H groups in total. The molecule has 29 heavy (non-hydrogen) atoms. The molecule has 2 heterocycles. The summed E-state index contributed by atoms with van der Waals surface area (Å²) in [6.07, 6.45) is 6.18. The summed E-state index contributed by atoms with van der Waals surface area (Å²) < 4.78 is 27.2. The lowest BCUT2D eigenvalue weighted by Crippen LogP contribution is -2.34. The Balaban J connectivity index is 1.61. The molecule has 1 saturated heterocycles. The van der Waals surface area contributed by atoms with Crippen LogP contribution in [0.5, 0.6) is 0 Å². The molecule has 160 valence electrons. The molecule has 0 aliphatic carbocycles. The molecule has 0 spiro atoms. The molecule has 0 bridgehead atoms. The molecule has 0 atom stereocenters. The third-order valence-electron chi connectivity index (χ3n) is 5.61. The van der Waals surface area contributed by atoms with Gasteiger partial charge < -0.3 is 9.80 Å². The fourth-order valence-electron chi connectivity index (χ4n) is 3.95. The van der Waals surface area contributed by atoms with Gasteiger partial charge in [-0.1, -0.05) is 19.8 Å². The van der Waals surface area contributed by atoms with Gasteiger partial charge in [0.1, 0.15) is 0 Å². The summed E-state index contributed by atoms with van der Waals surface area (Å²) in [5.74, 6) is -0.0188. The molecule has 8 heteroatoms.